The van der Waals surface area contributed by atoms with E-state index in [1.165, 1.54) is 30.1 Å². The minimum Gasteiger partial charge on any atom is -0.357 e. The first-order chi connectivity index (χ1) is 14.7. The van der Waals surface area contributed by atoms with Gasteiger partial charge in [0.25, 0.3) is 5.91 Å². The van der Waals surface area contributed by atoms with Gasteiger partial charge in [0.1, 0.15) is 6.04 Å². The molecule has 1 atom stereocenters. The number of nitrogens with zero attached hydrogens (tertiary/aromatic N) is 2. The first kappa shape index (κ1) is 22.8. The van der Waals surface area contributed by atoms with Crippen molar-refractivity contribution in [2.24, 2.45) is 0 Å². The van der Waals surface area contributed by atoms with Crippen molar-refractivity contribution in [1.82, 2.24) is 15.1 Å². The molecule has 1 heterocycles. The van der Waals surface area contributed by atoms with Gasteiger partial charge < -0.3 is 10.2 Å². The Bertz CT molecular complexity index is 1060. The molecule has 0 saturated carbocycles. The van der Waals surface area contributed by atoms with Crippen LogP contribution in [0.5, 0.6) is 0 Å². The molecule has 1 unspecified atom stereocenters. The predicted molar refractivity (Wildman–Crippen MR) is 110 cm³/mol. The summed E-state index contributed by atoms with van der Waals surface area (Å²) in [6, 6.07) is 10.0. The number of amides is 2. The van der Waals surface area contributed by atoms with Crippen molar-refractivity contribution in [2.45, 2.75) is 10.9 Å². The number of likely N-dealkylation sites (N-methyl/N-ethyl adjacent to an activating group) is 1. The van der Waals surface area contributed by atoms with Gasteiger partial charge in [-0.3, -0.25) is 14.5 Å². The molecular formula is C21H23F2N3O4S. The normalized spacial score (nSPS) is 17.4. The maximum atomic E-state index is 13.6. The highest BCUT2D eigenvalue weighted by atomic mass is 32.2. The van der Waals surface area contributed by atoms with Crippen LogP contribution >= 0.6 is 0 Å². The highest BCUT2D eigenvalue weighted by Gasteiger charge is 2.35. The number of hydrogen-bond acceptors (Lipinski definition) is 5. The average molecular weight is 451 g/mol. The lowest BCUT2D eigenvalue weighted by molar-refractivity contribution is -0.127. The second-order valence-electron chi connectivity index (χ2n) is 7.19. The zero-order valence-electron chi connectivity index (χ0n) is 16.9. The molecule has 2 aromatic carbocycles. The van der Waals surface area contributed by atoms with Gasteiger partial charge >= 0.3 is 0 Å². The van der Waals surface area contributed by atoms with Crippen molar-refractivity contribution in [3.05, 3.63) is 65.7 Å². The van der Waals surface area contributed by atoms with Crippen LogP contribution in [0.2, 0.25) is 0 Å². The predicted octanol–water partition coefficient (Wildman–Crippen LogP) is 1.31. The standard InChI is InChI=1S/C21H23F2N3O4S/c1-24-20(27)19-14-25(11-12-31(29,30)16-5-3-2-4-6-16)9-10-26(19)21(28)15-7-8-17(22)18(23)13-15/h2-8,13,19H,9-12,14H2,1H3,(H,24,27). The van der Waals surface area contributed by atoms with Crippen LogP contribution in [-0.2, 0) is 14.6 Å². The number of halogens is 2. The van der Waals surface area contributed by atoms with Crippen molar-refractivity contribution in [3.8, 4) is 0 Å². The monoisotopic (exact) mass is 451 g/mol. The molecular weight excluding hydrogens is 428 g/mol. The Hall–Kier alpha value is -2.85. The van der Waals surface area contributed by atoms with Gasteiger partial charge in [0.2, 0.25) is 5.91 Å². The maximum Gasteiger partial charge on any atom is 0.254 e. The third-order valence-electron chi connectivity index (χ3n) is 5.22. The van der Waals surface area contributed by atoms with E-state index >= 15 is 0 Å². The molecule has 31 heavy (non-hydrogen) atoms. The van der Waals surface area contributed by atoms with E-state index in [1.54, 1.807) is 23.1 Å². The van der Waals surface area contributed by atoms with E-state index in [-0.39, 0.29) is 35.8 Å². The van der Waals surface area contributed by atoms with Gasteiger partial charge in [-0.25, -0.2) is 17.2 Å². The second kappa shape index (κ2) is 9.52. The summed E-state index contributed by atoms with van der Waals surface area (Å²) < 4.78 is 51.8. The lowest BCUT2D eigenvalue weighted by atomic mass is 10.1. The number of benzene rings is 2. The summed E-state index contributed by atoms with van der Waals surface area (Å²) in [6.45, 7) is 0.797. The molecule has 2 aromatic rings. The van der Waals surface area contributed by atoms with E-state index in [4.69, 9.17) is 0 Å². The Kier molecular flexibility index (Phi) is 7.01. The van der Waals surface area contributed by atoms with Crippen LogP contribution in [0.25, 0.3) is 0 Å². The minimum atomic E-state index is -3.48. The van der Waals surface area contributed by atoms with Crippen molar-refractivity contribution in [3.63, 3.8) is 0 Å². The van der Waals surface area contributed by atoms with Gasteiger partial charge in [0, 0.05) is 38.8 Å². The highest BCUT2D eigenvalue weighted by molar-refractivity contribution is 7.91. The van der Waals surface area contributed by atoms with Crippen LogP contribution in [0, 0.1) is 11.6 Å². The summed E-state index contributed by atoms with van der Waals surface area (Å²) in [5.74, 6) is -3.36. The SMILES string of the molecule is CNC(=O)C1CN(CCS(=O)(=O)c2ccccc2)CCN1C(=O)c1ccc(F)c(F)c1. The Labute approximate surface area is 179 Å². The van der Waals surface area contributed by atoms with Crippen LogP contribution < -0.4 is 5.32 Å². The quantitative estimate of drug-likeness (QED) is 0.716. The van der Waals surface area contributed by atoms with E-state index in [2.05, 4.69) is 5.32 Å². The Morgan fingerprint density at radius 2 is 1.77 bits per heavy atom. The van der Waals surface area contributed by atoms with Gasteiger partial charge in [-0.15, -0.1) is 0 Å². The van der Waals surface area contributed by atoms with E-state index in [1.807, 2.05) is 0 Å². The first-order valence-corrected chi connectivity index (χ1v) is 11.4. The molecule has 7 nitrogen and oxygen atoms in total. The van der Waals surface area contributed by atoms with Crippen LogP contribution in [-0.4, -0.2) is 75.1 Å². The molecule has 0 bridgehead atoms. The lowest BCUT2D eigenvalue weighted by Gasteiger charge is -2.40. The molecule has 166 valence electrons. The molecule has 1 aliphatic rings. The number of carbonyl (C=O) groups excluding carboxylic acids is 2. The molecule has 1 fully saturated rings. The zero-order valence-corrected chi connectivity index (χ0v) is 17.7. The fourth-order valence-corrected chi connectivity index (χ4v) is 4.77. The molecule has 0 radical (unpaired) electrons. The van der Waals surface area contributed by atoms with E-state index < -0.39 is 39.3 Å². The summed E-state index contributed by atoms with van der Waals surface area (Å²) in [5, 5.41) is 2.50. The highest BCUT2D eigenvalue weighted by Crippen LogP contribution is 2.18. The van der Waals surface area contributed by atoms with E-state index in [9.17, 15) is 26.8 Å². The number of nitrogens with one attached hydrogen (secondary N) is 1. The Morgan fingerprint density at radius 1 is 1.06 bits per heavy atom. The van der Waals surface area contributed by atoms with Crippen molar-refractivity contribution >= 4 is 21.7 Å². The summed E-state index contributed by atoms with van der Waals surface area (Å²) in [5.41, 5.74) is -0.0621. The zero-order chi connectivity index (χ0) is 22.6. The lowest BCUT2D eigenvalue weighted by Crippen LogP contribution is -2.60. The number of sulfone groups is 1. The molecule has 0 aliphatic carbocycles. The molecule has 1 aliphatic heterocycles. The minimum absolute atomic E-state index is 0.0621. The number of rotatable bonds is 6. The molecule has 10 heteroatoms. The van der Waals surface area contributed by atoms with Crippen LogP contribution in [0.4, 0.5) is 8.78 Å². The Morgan fingerprint density at radius 3 is 2.42 bits per heavy atom. The van der Waals surface area contributed by atoms with Gasteiger partial charge in [-0.05, 0) is 30.3 Å². The fraction of sp³-hybridized carbons (Fsp3) is 0.333. The number of piperazine rings is 1. The van der Waals surface area contributed by atoms with Gasteiger partial charge in [0.15, 0.2) is 21.5 Å². The molecule has 2 amide bonds. The number of carbonyl (C=O) groups is 2. The molecule has 0 spiro atoms. The molecule has 1 N–H and O–H groups in total. The van der Waals surface area contributed by atoms with Crippen molar-refractivity contribution in [2.75, 3.05) is 39.0 Å². The topological polar surface area (TPSA) is 86.8 Å². The molecule has 1 saturated heterocycles. The summed E-state index contributed by atoms with van der Waals surface area (Å²) in [4.78, 5) is 28.6. The summed E-state index contributed by atoms with van der Waals surface area (Å²) in [7, 11) is -2.05. The fourth-order valence-electron chi connectivity index (χ4n) is 3.47. The molecule has 0 aromatic heterocycles. The second-order valence-corrected chi connectivity index (χ2v) is 9.30. The van der Waals surface area contributed by atoms with Crippen LogP contribution in [0.1, 0.15) is 10.4 Å². The van der Waals surface area contributed by atoms with Crippen LogP contribution in [0.15, 0.2) is 53.4 Å². The summed E-state index contributed by atoms with van der Waals surface area (Å²) >= 11 is 0. The van der Waals surface area contributed by atoms with E-state index in [0.29, 0.717) is 6.54 Å². The molecule has 3 rings (SSSR count). The van der Waals surface area contributed by atoms with Crippen molar-refractivity contribution in [1.29, 1.82) is 0 Å². The largest absolute Gasteiger partial charge is 0.357 e. The third-order valence-corrected chi connectivity index (χ3v) is 6.93. The summed E-state index contributed by atoms with van der Waals surface area (Å²) in [6.07, 6.45) is 0. The average Bonchev–Trinajstić information content (AvgIpc) is 2.79. The Balaban J connectivity index is 1.71. The van der Waals surface area contributed by atoms with E-state index in [0.717, 1.165) is 12.1 Å². The van der Waals surface area contributed by atoms with Crippen LogP contribution in [0.3, 0.4) is 0 Å². The van der Waals surface area contributed by atoms with Crippen molar-refractivity contribution < 1.29 is 26.8 Å². The number of hydrogen-bond donors (Lipinski definition) is 1. The third kappa shape index (κ3) is 5.26. The maximum absolute atomic E-state index is 13.6. The van der Waals surface area contributed by atoms with Gasteiger partial charge in [0.05, 0.1) is 10.6 Å². The van der Waals surface area contributed by atoms with Gasteiger partial charge in [-0.2, -0.15) is 0 Å². The smallest absolute Gasteiger partial charge is 0.254 e. The first-order valence-electron chi connectivity index (χ1n) is 9.70. The van der Waals surface area contributed by atoms with Gasteiger partial charge in [-0.1, -0.05) is 18.2 Å².